The van der Waals surface area contributed by atoms with Gasteiger partial charge >= 0.3 is 6.03 Å². The minimum absolute atomic E-state index is 0.0899. The molecule has 1 aromatic rings. The van der Waals surface area contributed by atoms with Gasteiger partial charge in [0.1, 0.15) is 5.82 Å². The van der Waals surface area contributed by atoms with Crippen LogP contribution < -0.4 is 10.2 Å². The zero-order valence-electron chi connectivity index (χ0n) is 13.3. The van der Waals surface area contributed by atoms with Crippen molar-refractivity contribution in [1.29, 1.82) is 0 Å². The second-order valence-electron chi connectivity index (χ2n) is 6.53. The first-order valence-electron chi connectivity index (χ1n) is 8.14. The molecule has 2 fully saturated rings. The summed E-state index contributed by atoms with van der Waals surface area (Å²) in [5.74, 6) is 0.0569. The van der Waals surface area contributed by atoms with Gasteiger partial charge in [-0.15, -0.1) is 0 Å². The molecule has 5 nitrogen and oxygen atoms in total. The van der Waals surface area contributed by atoms with Crippen LogP contribution >= 0.6 is 0 Å². The standard InChI is InChI=1S/C17H22FN3O2/c1-12-4-3-7-20(10-12)17(23)19-14-9-16(22)21(11-14)15-6-2-5-13(18)8-15/h2,5-6,8,12,14H,3-4,7,9-11H2,1H3,(H,19,23)/t12-,14+/m1/s1. The van der Waals surface area contributed by atoms with Crippen LogP contribution in [-0.2, 0) is 4.79 Å². The Morgan fingerprint density at radius 2 is 2.17 bits per heavy atom. The Morgan fingerprint density at radius 3 is 2.91 bits per heavy atom. The molecule has 0 bridgehead atoms. The van der Waals surface area contributed by atoms with Crippen molar-refractivity contribution in [2.75, 3.05) is 24.5 Å². The number of amides is 3. The van der Waals surface area contributed by atoms with Gasteiger partial charge in [0.15, 0.2) is 0 Å². The normalized spacial score (nSPS) is 24.9. The Kier molecular flexibility index (Phi) is 4.50. The SMILES string of the molecule is C[C@@H]1CCCN(C(=O)N[C@H]2CC(=O)N(c3cccc(F)c3)C2)C1. The largest absolute Gasteiger partial charge is 0.333 e. The van der Waals surface area contributed by atoms with E-state index in [1.807, 2.05) is 4.90 Å². The Bertz CT molecular complexity index is 607. The van der Waals surface area contributed by atoms with E-state index in [2.05, 4.69) is 12.2 Å². The lowest BCUT2D eigenvalue weighted by Gasteiger charge is -2.31. The summed E-state index contributed by atoms with van der Waals surface area (Å²) >= 11 is 0. The number of hydrogen-bond donors (Lipinski definition) is 1. The highest BCUT2D eigenvalue weighted by Gasteiger charge is 2.33. The van der Waals surface area contributed by atoms with E-state index in [0.29, 0.717) is 18.2 Å². The predicted octanol–water partition coefficient (Wildman–Crippen LogP) is 2.37. The van der Waals surface area contributed by atoms with Gasteiger partial charge in [0.25, 0.3) is 0 Å². The summed E-state index contributed by atoms with van der Waals surface area (Å²) in [4.78, 5) is 27.8. The Balaban J connectivity index is 1.60. The van der Waals surface area contributed by atoms with Gasteiger partial charge in [-0.1, -0.05) is 13.0 Å². The van der Waals surface area contributed by atoms with Crippen molar-refractivity contribution in [3.8, 4) is 0 Å². The zero-order valence-corrected chi connectivity index (χ0v) is 13.3. The van der Waals surface area contributed by atoms with E-state index >= 15 is 0 Å². The third kappa shape index (κ3) is 3.63. The van der Waals surface area contributed by atoms with Crippen LogP contribution in [0, 0.1) is 11.7 Å². The number of nitrogens with zero attached hydrogens (tertiary/aromatic N) is 2. The van der Waals surface area contributed by atoms with Gasteiger partial charge < -0.3 is 15.1 Å². The molecule has 6 heteroatoms. The number of rotatable bonds is 2. The Labute approximate surface area is 135 Å². The zero-order chi connectivity index (χ0) is 16.4. The molecule has 0 aliphatic carbocycles. The first kappa shape index (κ1) is 15.8. The molecule has 2 saturated heterocycles. The summed E-state index contributed by atoms with van der Waals surface area (Å²) < 4.78 is 13.3. The minimum Gasteiger partial charge on any atom is -0.333 e. The summed E-state index contributed by atoms with van der Waals surface area (Å²) in [5, 5.41) is 2.94. The maximum atomic E-state index is 13.3. The molecule has 2 heterocycles. The molecule has 2 atom stereocenters. The quantitative estimate of drug-likeness (QED) is 0.910. The molecule has 0 radical (unpaired) electrons. The fourth-order valence-corrected chi connectivity index (χ4v) is 3.34. The highest BCUT2D eigenvalue weighted by atomic mass is 19.1. The average Bonchev–Trinajstić information content (AvgIpc) is 2.88. The highest BCUT2D eigenvalue weighted by molar-refractivity contribution is 5.96. The molecule has 2 aliphatic rings. The van der Waals surface area contributed by atoms with Gasteiger partial charge in [0, 0.05) is 31.7 Å². The lowest BCUT2D eigenvalue weighted by atomic mass is 10.0. The molecule has 0 spiro atoms. The molecule has 124 valence electrons. The molecule has 3 amide bonds. The molecule has 2 aliphatic heterocycles. The summed E-state index contributed by atoms with van der Waals surface area (Å²) in [6.45, 7) is 4.06. The van der Waals surface area contributed by atoms with E-state index in [-0.39, 0.29) is 30.2 Å². The second kappa shape index (κ2) is 6.56. The Hall–Kier alpha value is -2.11. The van der Waals surface area contributed by atoms with Crippen molar-refractivity contribution in [3.63, 3.8) is 0 Å². The van der Waals surface area contributed by atoms with Gasteiger partial charge in [-0.2, -0.15) is 0 Å². The van der Waals surface area contributed by atoms with E-state index < -0.39 is 0 Å². The first-order valence-corrected chi connectivity index (χ1v) is 8.14. The van der Waals surface area contributed by atoms with E-state index in [9.17, 15) is 14.0 Å². The molecular formula is C17H22FN3O2. The van der Waals surface area contributed by atoms with Crippen molar-refractivity contribution >= 4 is 17.6 Å². The molecule has 1 aromatic carbocycles. The fourth-order valence-electron chi connectivity index (χ4n) is 3.34. The number of halogens is 1. The van der Waals surface area contributed by atoms with Crippen molar-refractivity contribution in [1.82, 2.24) is 10.2 Å². The molecule has 3 rings (SSSR count). The number of hydrogen-bond acceptors (Lipinski definition) is 2. The van der Waals surface area contributed by atoms with E-state index in [1.165, 1.54) is 17.0 Å². The summed E-state index contributed by atoms with van der Waals surface area (Å²) in [5.41, 5.74) is 0.540. The van der Waals surface area contributed by atoms with Gasteiger partial charge in [0.2, 0.25) is 5.91 Å². The molecular weight excluding hydrogens is 297 g/mol. The van der Waals surface area contributed by atoms with Crippen LogP contribution in [0.1, 0.15) is 26.2 Å². The second-order valence-corrected chi connectivity index (χ2v) is 6.53. The van der Waals surface area contributed by atoms with Crippen molar-refractivity contribution < 1.29 is 14.0 Å². The number of likely N-dealkylation sites (tertiary alicyclic amines) is 1. The molecule has 0 unspecified atom stereocenters. The third-order valence-corrected chi connectivity index (χ3v) is 4.52. The van der Waals surface area contributed by atoms with Crippen LogP contribution in [0.3, 0.4) is 0 Å². The molecule has 0 saturated carbocycles. The highest BCUT2D eigenvalue weighted by Crippen LogP contribution is 2.23. The van der Waals surface area contributed by atoms with Crippen LogP contribution in [-0.4, -0.2) is 42.5 Å². The van der Waals surface area contributed by atoms with Crippen molar-refractivity contribution in [2.45, 2.75) is 32.2 Å². The molecule has 0 aromatic heterocycles. The van der Waals surface area contributed by atoms with Gasteiger partial charge in [-0.05, 0) is 37.0 Å². The summed E-state index contributed by atoms with van der Waals surface area (Å²) in [6, 6.07) is 5.65. The number of piperidine rings is 1. The smallest absolute Gasteiger partial charge is 0.317 e. The van der Waals surface area contributed by atoms with E-state index in [0.717, 1.165) is 25.9 Å². The molecule has 1 N–H and O–H groups in total. The average molecular weight is 319 g/mol. The Morgan fingerprint density at radius 1 is 1.35 bits per heavy atom. The number of carbonyl (C=O) groups is 2. The fraction of sp³-hybridized carbons (Fsp3) is 0.529. The maximum Gasteiger partial charge on any atom is 0.317 e. The minimum atomic E-state index is -0.370. The van der Waals surface area contributed by atoms with Crippen LogP contribution in [0.25, 0.3) is 0 Å². The summed E-state index contributed by atoms with van der Waals surface area (Å²) in [7, 11) is 0. The van der Waals surface area contributed by atoms with Gasteiger partial charge in [-0.3, -0.25) is 4.79 Å². The number of nitrogens with one attached hydrogen (secondary N) is 1. The summed E-state index contributed by atoms with van der Waals surface area (Å²) in [6.07, 6.45) is 2.43. The van der Waals surface area contributed by atoms with Crippen molar-refractivity contribution in [2.24, 2.45) is 5.92 Å². The van der Waals surface area contributed by atoms with Crippen LogP contribution in [0.5, 0.6) is 0 Å². The third-order valence-electron chi connectivity index (χ3n) is 4.52. The van der Waals surface area contributed by atoms with Crippen LogP contribution in [0.2, 0.25) is 0 Å². The predicted molar refractivity (Wildman–Crippen MR) is 85.7 cm³/mol. The van der Waals surface area contributed by atoms with Gasteiger partial charge in [0.05, 0.1) is 6.04 Å². The number of urea groups is 1. The van der Waals surface area contributed by atoms with Crippen LogP contribution in [0.15, 0.2) is 24.3 Å². The molecule has 23 heavy (non-hydrogen) atoms. The number of carbonyl (C=O) groups excluding carboxylic acids is 2. The van der Waals surface area contributed by atoms with Crippen molar-refractivity contribution in [3.05, 3.63) is 30.1 Å². The monoisotopic (exact) mass is 319 g/mol. The van der Waals surface area contributed by atoms with E-state index in [4.69, 9.17) is 0 Å². The first-order chi connectivity index (χ1) is 11.0. The topological polar surface area (TPSA) is 52.7 Å². The van der Waals surface area contributed by atoms with Crippen LogP contribution in [0.4, 0.5) is 14.9 Å². The maximum absolute atomic E-state index is 13.3. The lowest BCUT2D eigenvalue weighted by Crippen LogP contribution is -2.49. The number of anilines is 1. The van der Waals surface area contributed by atoms with Gasteiger partial charge in [-0.25, -0.2) is 9.18 Å². The van der Waals surface area contributed by atoms with E-state index in [1.54, 1.807) is 12.1 Å². The number of benzene rings is 1. The lowest BCUT2D eigenvalue weighted by molar-refractivity contribution is -0.117.